The molecule has 1 aliphatic rings. The number of rotatable bonds is 10. The first-order chi connectivity index (χ1) is 15.0. The Balaban J connectivity index is 1.53. The molecule has 1 unspecified atom stereocenters. The third-order valence-corrected chi connectivity index (χ3v) is 5.57. The molecule has 0 aliphatic carbocycles. The van der Waals surface area contributed by atoms with Crippen molar-refractivity contribution >= 4 is 0 Å². The summed E-state index contributed by atoms with van der Waals surface area (Å²) in [6.45, 7) is 6.62. The third-order valence-electron chi connectivity index (χ3n) is 5.57. The van der Waals surface area contributed by atoms with Gasteiger partial charge in [0.05, 0.1) is 7.11 Å². The van der Waals surface area contributed by atoms with Crippen LogP contribution in [0.25, 0.3) is 0 Å². The first-order valence-corrected chi connectivity index (χ1v) is 11.0. The van der Waals surface area contributed by atoms with Crippen molar-refractivity contribution in [1.82, 2.24) is 19.7 Å². The molecule has 1 aromatic heterocycles. The number of hydrogen-bond donors (Lipinski definition) is 1. The summed E-state index contributed by atoms with van der Waals surface area (Å²) in [5.74, 6) is 1.35. The van der Waals surface area contributed by atoms with E-state index >= 15 is 0 Å². The summed E-state index contributed by atoms with van der Waals surface area (Å²) < 4.78 is 11.5. The van der Waals surface area contributed by atoms with Crippen LogP contribution in [-0.4, -0.2) is 91.4 Å². The molecule has 2 aromatic rings. The minimum absolute atomic E-state index is 0.248. The number of aliphatic hydroxyl groups is 1. The molecule has 1 N–H and O–H groups in total. The van der Waals surface area contributed by atoms with Crippen LogP contribution < -0.4 is 9.47 Å². The van der Waals surface area contributed by atoms with Crippen molar-refractivity contribution in [2.45, 2.75) is 25.6 Å². The van der Waals surface area contributed by atoms with Crippen LogP contribution in [-0.2, 0) is 13.1 Å². The van der Waals surface area contributed by atoms with Gasteiger partial charge >= 0.3 is 0 Å². The Kier molecular flexibility index (Phi) is 9.09. The van der Waals surface area contributed by atoms with E-state index in [9.17, 15) is 5.11 Å². The van der Waals surface area contributed by atoms with Gasteiger partial charge < -0.3 is 19.5 Å². The number of benzene rings is 1. The lowest BCUT2D eigenvalue weighted by molar-refractivity contribution is 0.0685. The van der Waals surface area contributed by atoms with Gasteiger partial charge in [0.1, 0.15) is 12.7 Å². The molecule has 7 nitrogen and oxygen atoms in total. The zero-order valence-corrected chi connectivity index (χ0v) is 19.0. The van der Waals surface area contributed by atoms with E-state index < -0.39 is 6.10 Å². The molecule has 0 spiro atoms. The van der Waals surface area contributed by atoms with E-state index in [1.807, 2.05) is 24.4 Å². The van der Waals surface area contributed by atoms with Gasteiger partial charge in [-0.2, -0.15) is 0 Å². The van der Waals surface area contributed by atoms with Crippen LogP contribution in [0, 0.1) is 0 Å². The van der Waals surface area contributed by atoms with E-state index in [-0.39, 0.29) is 6.61 Å². The van der Waals surface area contributed by atoms with E-state index in [4.69, 9.17) is 9.47 Å². The van der Waals surface area contributed by atoms with E-state index in [2.05, 4.69) is 45.9 Å². The number of pyridine rings is 1. The molecule has 1 fully saturated rings. The Morgan fingerprint density at radius 3 is 2.71 bits per heavy atom. The first kappa shape index (κ1) is 23.5. The van der Waals surface area contributed by atoms with Crippen LogP contribution in [0.4, 0.5) is 0 Å². The SMILES string of the molecule is COc1ccc(CN(C)Cc2cccnc2)cc1OCC(O)CN1CCCN(C)CC1. The Bertz CT molecular complexity index is 790. The van der Waals surface area contributed by atoms with Crippen molar-refractivity contribution in [3.05, 3.63) is 53.9 Å². The van der Waals surface area contributed by atoms with Crippen LogP contribution >= 0.6 is 0 Å². The first-order valence-electron chi connectivity index (χ1n) is 11.0. The number of β-amino-alcohol motifs (C(OH)–C–C–N with tert-alkyl or cyclic N) is 1. The summed E-state index contributed by atoms with van der Waals surface area (Å²) in [6, 6.07) is 10.0. The van der Waals surface area contributed by atoms with Crippen molar-refractivity contribution in [3.63, 3.8) is 0 Å². The lowest BCUT2D eigenvalue weighted by Gasteiger charge is -2.24. The highest BCUT2D eigenvalue weighted by Crippen LogP contribution is 2.29. The summed E-state index contributed by atoms with van der Waals surface area (Å²) in [5, 5.41) is 10.5. The maximum absolute atomic E-state index is 10.5. The molecule has 170 valence electrons. The number of aromatic nitrogens is 1. The molecule has 0 amide bonds. The van der Waals surface area contributed by atoms with Crippen molar-refractivity contribution in [2.75, 3.05) is 60.5 Å². The molecule has 2 heterocycles. The van der Waals surface area contributed by atoms with Gasteiger partial charge in [-0.15, -0.1) is 0 Å². The quantitative estimate of drug-likeness (QED) is 0.622. The standard InChI is InChI=1S/C24H36N4O3/c1-26-10-5-11-28(13-12-26)18-22(29)19-31-24-14-20(7-8-23(24)30-3)16-27(2)17-21-6-4-9-25-15-21/h4,6-9,14-15,22,29H,5,10-13,16-19H2,1-3H3. The summed E-state index contributed by atoms with van der Waals surface area (Å²) >= 11 is 0. The number of methoxy groups -OCH3 is 1. The third kappa shape index (κ3) is 7.78. The molecule has 1 atom stereocenters. The molecule has 0 radical (unpaired) electrons. The fourth-order valence-electron chi connectivity index (χ4n) is 3.92. The van der Waals surface area contributed by atoms with Gasteiger partial charge in [-0.25, -0.2) is 0 Å². The zero-order chi connectivity index (χ0) is 22.1. The smallest absolute Gasteiger partial charge is 0.161 e. The van der Waals surface area contributed by atoms with E-state index in [0.717, 1.165) is 51.3 Å². The minimum atomic E-state index is -0.537. The lowest BCUT2D eigenvalue weighted by atomic mass is 10.1. The maximum Gasteiger partial charge on any atom is 0.161 e. The Labute approximate surface area is 186 Å². The topological polar surface area (TPSA) is 61.3 Å². The molecule has 7 heteroatoms. The number of aliphatic hydroxyl groups excluding tert-OH is 1. The Morgan fingerprint density at radius 2 is 1.94 bits per heavy atom. The summed E-state index contributed by atoms with van der Waals surface area (Å²) in [4.78, 5) is 11.1. The lowest BCUT2D eigenvalue weighted by Crippen LogP contribution is -2.37. The second kappa shape index (κ2) is 12.0. The largest absolute Gasteiger partial charge is 0.493 e. The molecule has 0 saturated carbocycles. The molecule has 1 aliphatic heterocycles. The summed E-state index contributed by atoms with van der Waals surface area (Å²) in [6.07, 6.45) is 4.27. The number of hydrogen-bond acceptors (Lipinski definition) is 7. The second-order valence-electron chi connectivity index (χ2n) is 8.44. The van der Waals surface area contributed by atoms with Gasteiger partial charge in [0, 0.05) is 45.1 Å². The minimum Gasteiger partial charge on any atom is -0.493 e. The van der Waals surface area contributed by atoms with E-state index in [0.29, 0.717) is 18.0 Å². The molecule has 31 heavy (non-hydrogen) atoms. The molecule has 1 saturated heterocycles. The summed E-state index contributed by atoms with van der Waals surface area (Å²) in [7, 11) is 5.87. The predicted octanol–water partition coefficient (Wildman–Crippen LogP) is 2.10. The van der Waals surface area contributed by atoms with Crippen LogP contribution in [0.5, 0.6) is 11.5 Å². The zero-order valence-electron chi connectivity index (χ0n) is 19.0. The van der Waals surface area contributed by atoms with Crippen LogP contribution in [0.1, 0.15) is 17.5 Å². The predicted molar refractivity (Wildman–Crippen MR) is 122 cm³/mol. The highest BCUT2D eigenvalue weighted by Gasteiger charge is 2.17. The van der Waals surface area contributed by atoms with Crippen LogP contribution in [0.3, 0.4) is 0 Å². The van der Waals surface area contributed by atoms with E-state index in [1.165, 1.54) is 5.56 Å². The second-order valence-corrected chi connectivity index (χ2v) is 8.44. The van der Waals surface area contributed by atoms with Crippen molar-refractivity contribution in [2.24, 2.45) is 0 Å². The van der Waals surface area contributed by atoms with Gasteiger partial charge in [-0.3, -0.25) is 14.8 Å². The van der Waals surface area contributed by atoms with Crippen molar-refractivity contribution in [1.29, 1.82) is 0 Å². The number of likely N-dealkylation sites (N-methyl/N-ethyl adjacent to an activating group) is 1. The van der Waals surface area contributed by atoms with Gasteiger partial charge in [0.15, 0.2) is 11.5 Å². The van der Waals surface area contributed by atoms with Gasteiger partial charge in [0.25, 0.3) is 0 Å². The summed E-state index contributed by atoms with van der Waals surface area (Å²) in [5.41, 5.74) is 2.31. The van der Waals surface area contributed by atoms with Crippen LogP contribution in [0.15, 0.2) is 42.7 Å². The highest BCUT2D eigenvalue weighted by molar-refractivity contribution is 5.43. The van der Waals surface area contributed by atoms with Gasteiger partial charge in [-0.1, -0.05) is 12.1 Å². The van der Waals surface area contributed by atoms with E-state index in [1.54, 1.807) is 13.3 Å². The average Bonchev–Trinajstić information content (AvgIpc) is 2.97. The van der Waals surface area contributed by atoms with Gasteiger partial charge in [0.2, 0.25) is 0 Å². The monoisotopic (exact) mass is 428 g/mol. The molecule has 0 bridgehead atoms. The van der Waals surface area contributed by atoms with Gasteiger partial charge in [-0.05, 0) is 62.9 Å². The molecule has 3 rings (SSSR count). The average molecular weight is 429 g/mol. The van der Waals surface area contributed by atoms with Crippen molar-refractivity contribution in [3.8, 4) is 11.5 Å². The van der Waals surface area contributed by atoms with Crippen molar-refractivity contribution < 1.29 is 14.6 Å². The number of nitrogens with zero attached hydrogens (tertiary/aromatic N) is 4. The normalized spacial score (nSPS) is 16.8. The van der Waals surface area contributed by atoms with Crippen LogP contribution in [0.2, 0.25) is 0 Å². The molecule has 1 aromatic carbocycles. The molecular weight excluding hydrogens is 392 g/mol. The molecular formula is C24H36N4O3. The Morgan fingerprint density at radius 1 is 1.10 bits per heavy atom. The maximum atomic E-state index is 10.5. The fraction of sp³-hybridized carbons (Fsp3) is 0.542. The fourth-order valence-corrected chi connectivity index (χ4v) is 3.92. The number of ether oxygens (including phenoxy) is 2. The Hall–Kier alpha value is -2.19. The highest BCUT2D eigenvalue weighted by atomic mass is 16.5.